The number of aliphatic carboxylic acids is 1. The van der Waals surface area contributed by atoms with Gasteiger partial charge >= 0.3 is 35.8 Å². The maximum absolute atomic E-state index is 12.6. The quantitative estimate of drug-likeness (QED) is 0.0189. The molecule has 22 nitrogen and oxygen atoms in total. The van der Waals surface area contributed by atoms with Gasteiger partial charge in [-0.15, -0.1) is 0 Å². The number of aliphatic hydroxyl groups is 1. The Morgan fingerprint density at radius 3 is 0.883 bits per heavy atom. The molecular weight excluding hydrogens is 1320 g/mol. The highest BCUT2D eigenvalue weighted by molar-refractivity contribution is 5.71. The molecule has 6 aliphatic heterocycles. The second-order valence-electron chi connectivity index (χ2n) is 31.7. The van der Waals surface area contributed by atoms with Crippen LogP contribution in [0.2, 0.25) is 0 Å². The highest BCUT2D eigenvalue weighted by atomic mass is 16.7. The smallest absolute Gasteiger partial charge is 0.306 e. The van der Waals surface area contributed by atoms with Crippen molar-refractivity contribution in [3.63, 3.8) is 0 Å². The SMILES string of the molecule is COC(=O)CCCCCCCCC(=O)O.COC(=O)CCCCCCCCC(=O)O[C@@H]1CC[C@]2(CO2)[C@@H]([C@@]2(C)O[C@@H]2CC=C(C)C)[C@@H]1OC.COC(=O)CCCCCCCCC(=O)O[C@@H]1CC[C@]2(CO2)[C@@H]([C@@]2(C)O[C@@H]2CC=C(C)C)[C@@H]1OC.CO[C@@H]1[C@H](O)CC[C@]2(CO2)[C@H]1[C@@]1(C)O[C@@H]1CC=C(C)C. The fraction of sp³-hybridized carbons (Fsp3) is 0.852. The van der Waals surface area contributed by atoms with Gasteiger partial charge in [-0.3, -0.25) is 28.8 Å². The lowest BCUT2D eigenvalue weighted by atomic mass is 9.68. The number of epoxide rings is 6. The van der Waals surface area contributed by atoms with Crippen molar-refractivity contribution in [2.24, 2.45) is 17.8 Å². The molecule has 9 fully saturated rings. The molecule has 3 saturated carbocycles. The van der Waals surface area contributed by atoms with Crippen molar-refractivity contribution in [2.45, 2.75) is 363 Å². The second kappa shape index (κ2) is 41.8. The zero-order valence-electron chi connectivity index (χ0n) is 65.7. The summed E-state index contributed by atoms with van der Waals surface area (Å²) >= 11 is 0. The van der Waals surface area contributed by atoms with Crippen molar-refractivity contribution < 1.29 is 105 Å². The number of carbonyl (C=O) groups is 6. The number of esters is 5. The van der Waals surface area contributed by atoms with E-state index in [1.807, 2.05) is 0 Å². The van der Waals surface area contributed by atoms with E-state index >= 15 is 0 Å². The number of hydrogen-bond donors (Lipinski definition) is 2. The van der Waals surface area contributed by atoms with E-state index in [0.29, 0.717) is 32.1 Å². The molecule has 103 heavy (non-hydrogen) atoms. The van der Waals surface area contributed by atoms with Crippen molar-refractivity contribution in [1.82, 2.24) is 0 Å². The number of unbranched alkanes of at least 4 members (excludes halogenated alkanes) is 15. The first-order valence-electron chi connectivity index (χ1n) is 39.0. The highest BCUT2D eigenvalue weighted by Gasteiger charge is 2.75. The van der Waals surface area contributed by atoms with Crippen molar-refractivity contribution in [2.75, 3.05) is 62.5 Å². The number of carboxylic acids is 1. The van der Waals surface area contributed by atoms with Gasteiger partial charge < -0.3 is 76.5 Å². The Morgan fingerprint density at radius 2 is 0.631 bits per heavy atom. The summed E-state index contributed by atoms with van der Waals surface area (Å²) in [6, 6.07) is 0. The Hall–Kier alpha value is -4.36. The number of methoxy groups -OCH3 is 6. The maximum atomic E-state index is 12.6. The molecule has 6 saturated heterocycles. The topological polar surface area (TPSA) is 292 Å². The minimum absolute atomic E-state index is 0.0529. The average Bonchev–Trinajstić information content (AvgIpc) is 1.55. The molecule has 0 aromatic heterocycles. The molecular formula is C81H134O22. The predicted octanol–water partition coefficient (Wildman–Crippen LogP) is 14.2. The molecule has 6 heterocycles. The van der Waals surface area contributed by atoms with Gasteiger partial charge in [0.25, 0.3) is 0 Å². The van der Waals surface area contributed by atoms with Crippen LogP contribution in [0.15, 0.2) is 34.9 Å². The first-order valence-corrected chi connectivity index (χ1v) is 39.0. The van der Waals surface area contributed by atoms with Crippen molar-refractivity contribution in [3.05, 3.63) is 34.9 Å². The van der Waals surface area contributed by atoms with Gasteiger partial charge in [-0.2, -0.15) is 0 Å². The van der Waals surface area contributed by atoms with E-state index in [1.54, 1.807) is 21.3 Å². The highest BCUT2D eigenvalue weighted by Crippen LogP contribution is 2.62. The zero-order chi connectivity index (χ0) is 75.6. The van der Waals surface area contributed by atoms with Crippen LogP contribution in [0.3, 0.4) is 0 Å². The molecule has 0 bridgehead atoms. The summed E-state index contributed by atoms with van der Waals surface area (Å²) in [7, 11) is 9.33. The van der Waals surface area contributed by atoms with Gasteiger partial charge in [0.2, 0.25) is 0 Å². The van der Waals surface area contributed by atoms with Crippen LogP contribution in [0, 0.1) is 17.8 Å². The van der Waals surface area contributed by atoms with Crippen LogP contribution >= 0.6 is 0 Å². The number of ether oxygens (including phenoxy) is 14. The fourth-order valence-electron chi connectivity index (χ4n) is 16.6. The first-order chi connectivity index (χ1) is 49.1. The molecule has 2 N–H and O–H groups in total. The molecule has 0 unspecified atom stereocenters. The summed E-state index contributed by atoms with van der Waals surface area (Å²) in [6.45, 7) is 21.3. The van der Waals surface area contributed by atoms with Crippen LogP contribution in [0.4, 0.5) is 0 Å². The van der Waals surface area contributed by atoms with Crippen molar-refractivity contribution >= 4 is 35.8 Å². The minimum atomic E-state index is -0.722. The van der Waals surface area contributed by atoms with E-state index in [2.05, 4.69) is 94.8 Å². The van der Waals surface area contributed by atoms with Gasteiger partial charge in [0.15, 0.2) is 0 Å². The van der Waals surface area contributed by atoms with E-state index < -0.39 is 12.1 Å². The lowest BCUT2D eigenvalue weighted by Gasteiger charge is -2.42. The van der Waals surface area contributed by atoms with Gasteiger partial charge in [0.05, 0.1) is 95.0 Å². The number of carboxylic acid groups (broad SMARTS) is 1. The standard InChI is InChI=1S/2C27H44O7.C16H26O4.C11H20O4/c2*1-19(2)14-15-21-26(3,34-21)25-24(31-5)20(16-17-27(25)18-32-27)33-23(29)13-11-9-7-6-8-10-12-22(28)30-4;1-10(2)5-6-12-15(3,20-12)14-13(18-4)11(17)7-8-16(14)9-19-16;1-15-11(14)9-7-5-3-2-4-6-8-10(12)13/h2*14,20-21,24-25H,6-13,15-18H2,1-5H3;5,11-14,17H,6-9H2,1-4H3;2-9H2,1H3,(H,12,13)/t2*20-,21-,24-,25-,26+,27+;11-,12-,13-,14-,15+,16+;/m111./s1. The monoisotopic (exact) mass is 1460 g/mol. The van der Waals surface area contributed by atoms with Gasteiger partial charge in [-0.05, 0) is 159 Å². The second-order valence-corrected chi connectivity index (χ2v) is 31.7. The lowest BCUT2D eigenvalue weighted by molar-refractivity contribution is -0.172. The summed E-state index contributed by atoms with van der Waals surface area (Å²) in [5.41, 5.74) is 2.50. The molecule has 18 atom stereocenters. The number of rotatable bonds is 41. The van der Waals surface area contributed by atoms with Crippen molar-refractivity contribution in [1.29, 1.82) is 0 Å². The van der Waals surface area contributed by atoms with Crippen LogP contribution in [0.25, 0.3) is 0 Å². The number of carbonyl (C=O) groups excluding carboxylic acids is 5. The third-order valence-corrected chi connectivity index (χ3v) is 23.0. The zero-order valence-corrected chi connectivity index (χ0v) is 65.7. The van der Waals surface area contributed by atoms with Crippen molar-refractivity contribution in [3.8, 4) is 0 Å². The van der Waals surface area contributed by atoms with E-state index in [9.17, 15) is 33.9 Å². The molecule has 0 aromatic carbocycles. The van der Waals surface area contributed by atoms with E-state index in [1.165, 1.54) is 38.0 Å². The molecule has 9 aliphatic rings. The summed E-state index contributed by atoms with van der Waals surface area (Å²) in [6.07, 6.45) is 33.1. The maximum Gasteiger partial charge on any atom is 0.306 e. The van der Waals surface area contributed by atoms with Crippen LogP contribution in [0.1, 0.15) is 274 Å². The number of aliphatic hydroxyl groups excluding tert-OH is 1. The number of allylic oxidation sites excluding steroid dienone is 3. The molecule has 590 valence electrons. The molecule has 22 heteroatoms. The van der Waals surface area contributed by atoms with Gasteiger partial charge in [-0.1, -0.05) is 112 Å². The third kappa shape index (κ3) is 26.5. The summed E-state index contributed by atoms with van der Waals surface area (Å²) in [4.78, 5) is 68.4. The Labute approximate surface area is 616 Å². The Balaban J connectivity index is 0.000000226. The lowest BCUT2D eigenvalue weighted by Crippen LogP contribution is -2.55. The molecule has 0 aromatic rings. The van der Waals surface area contributed by atoms with Gasteiger partial charge in [0.1, 0.15) is 52.4 Å². The molecule has 9 rings (SSSR count). The molecule has 3 aliphatic carbocycles. The largest absolute Gasteiger partial charge is 0.481 e. The Kier molecular flexibility index (Phi) is 35.6. The Morgan fingerprint density at radius 1 is 0.379 bits per heavy atom. The third-order valence-electron chi connectivity index (χ3n) is 23.0. The molecule has 0 radical (unpaired) electrons. The normalized spacial score (nSPS) is 33.6. The summed E-state index contributed by atoms with van der Waals surface area (Å²) in [5, 5.41) is 18.6. The molecule has 0 amide bonds. The summed E-state index contributed by atoms with van der Waals surface area (Å²) in [5.74, 6) is -1.23. The minimum Gasteiger partial charge on any atom is -0.481 e. The van der Waals surface area contributed by atoms with E-state index in [4.69, 9.17) is 57.2 Å². The van der Waals surface area contributed by atoms with Crippen LogP contribution in [-0.4, -0.2) is 197 Å². The van der Waals surface area contributed by atoms with Gasteiger partial charge in [-0.25, -0.2) is 0 Å². The molecule has 3 spiro atoms. The number of hydrogen-bond acceptors (Lipinski definition) is 21. The predicted molar refractivity (Wildman–Crippen MR) is 389 cm³/mol. The Bertz CT molecular complexity index is 2620. The summed E-state index contributed by atoms with van der Waals surface area (Å²) < 4.78 is 79.4. The van der Waals surface area contributed by atoms with Crippen LogP contribution in [0.5, 0.6) is 0 Å². The van der Waals surface area contributed by atoms with E-state index in [0.717, 1.165) is 193 Å². The average molecular weight is 1460 g/mol. The van der Waals surface area contributed by atoms with E-state index in [-0.39, 0.29) is 136 Å². The van der Waals surface area contributed by atoms with Gasteiger partial charge in [0, 0.05) is 59.9 Å². The fourth-order valence-corrected chi connectivity index (χ4v) is 16.6. The first kappa shape index (κ1) is 87.5. The van der Waals surface area contributed by atoms with Crippen LogP contribution < -0.4 is 0 Å². The van der Waals surface area contributed by atoms with Crippen LogP contribution in [-0.2, 0) is 95.1 Å².